The molecule has 0 aromatic carbocycles. The average Bonchev–Trinajstić information content (AvgIpc) is 2.79. The maximum Gasteiger partial charge on any atom is 0.129 e. The summed E-state index contributed by atoms with van der Waals surface area (Å²) in [5.41, 5.74) is 1.01. The number of aromatic amines is 1. The lowest BCUT2D eigenvalue weighted by atomic mass is 10.4. The van der Waals surface area contributed by atoms with Crippen molar-refractivity contribution < 1.29 is 4.74 Å². The number of rotatable bonds is 4. The highest BCUT2D eigenvalue weighted by Gasteiger charge is 1.97. The SMILES string of the molecule is COc1ccnc(NCc2cnc[nH]2)c1. The van der Waals surface area contributed by atoms with Crippen molar-refractivity contribution in [2.45, 2.75) is 6.54 Å². The monoisotopic (exact) mass is 204 g/mol. The molecule has 0 aliphatic carbocycles. The Morgan fingerprint density at radius 2 is 2.47 bits per heavy atom. The first-order valence-electron chi connectivity index (χ1n) is 4.59. The molecule has 0 aliphatic heterocycles. The fourth-order valence-corrected chi connectivity index (χ4v) is 1.20. The van der Waals surface area contributed by atoms with Crippen LogP contribution in [0, 0.1) is 0 Å². The van der Waals surface area contributed by atoms with Gasteiger partial charge in [-0.05, 0) is 6.07 Å². The van der Waals surface area contributed by atoms with Gasteiger partial charge < -0.3 is 15.0 Å². The number of hydrogen-bond donors (Lipinski definition) is 2. The highest BCUT2D eigenvalue weighted by atomic mass is 16.5. The molecule has 0 bridgehead atoms. The van der Waals surface area contributed by atoms with Gasteiger partial charge in [0.25, 0.3) is 0 Å². The summed E-state index contributed by atoms with van der Waals surface area (Å²) in [7, 11) is 1.63. The van der Waals surface area contributed by atoms with Crippen LogP contribution < -0.4 is 10.1 Å². The number of imidazole rings is 1. The van der Waals surface area contributed by atoms with E-state index in [1.165, 1.54) is 0 Å². The van der Waals surface area contributed by atoms with E-state index in [-0.39, 0.29) is 0 Å². The molecular weight excluding hydrogens is 192 g/mol. The van der Waals surface area contributed by atoms with Crippen molar-refractivity contribution in [3.8, 4) is 5.75 Å². The zero-order valence-corrected chi connectivity index (χ0v) is 8.40. The molecule has 0 unspecified atom stereocenters. The van der Waals surface area contributed by atoms with Gasteiger partial charge in [-0.2, -0.15) is 0 Å². The Bertz CT molecular complexity index is 413. The summed E-state index contributed by atoms with van der Waals surface area (Å²) < 4.78 is 5.09. The second kappa shape index (κ2) is 4.45. The molecule has 0 saturated carbocycles. The number of ether oxygens (including phenoxy) is 1. The average molecular weight is 204 g/mol. The maximum absolute atomic E-state index is 5.09. The predicted octanol–water partition coefficient (Wildman–Crippen LogP) is 1.43. The number of nitrogens with zero attached hydrogens (tertiary/aromatic N) is 2. The van der Waals surface area contributed by atoms with E-state index in [2.05, 4.69) is 20.3 Å². The molecule has 0 radical (unpaired) electrons. The Hall–Kier alpha value is -2.04. The van der Waals surface area contributed by atoms with Crippen LogP contribution >= 0.6 is 0 Å². The third-order valence-corrected chi connectivity index (χ3v) is 1.98. The molecule has 0 spiro atoms. The van der Waals surface area contributed by atoms with E-state index >= 15 is 0 Å². The van der Waals surface area contributed by atoms with E-state index in [9.17, 15) is 0 Å². The van der Waals surface area contributed by atoms with Crippen molar-refractivity contribution in [2.24, 2.45) is 0 Å². The molecule has 2 rings (SSSR count). The Morgan fingerprint density at radius 3 is 3.20 bits per heavy atom. The lowest BCUT2D eigenvalue weighted by molar-refractivity contribution is 0.414. The molecule has 2 aromatic rings. The highest BCUT2D eigenvalue weighted by molar-refractivity contribution is 5.40. The van der Waals surface area contributed by atoms with Crippen LogP contribution in [0.2, 0.25) is 0 Å². The van der Waals surface area contributed by atoms with Gasteiger partial charge in [0.1, 0.15) is 11.6 Å². The third-order valence-electron chi connectivity index (χ3n) is 1.98. The van der Waals surface area contributed by atoms with Crippen molar-refractivity contribution in [1.82, 2.24) is 15.0 Å². The molecular formula is C10H12N4O. The van der Waals surface area contributed by atoms with Crippen LogP contribution in [0.1, 0.15) is 5.69 Å². The summed E-state index contributed by atoms with van der Waals surface area (Å²) in [5.74, 6) is 1.57. The van der Waals surface area contributed by atoms with E-state index in [1.54, 1.807) is 31.9 Å². The van der Waals surface area contributed by atoms with Crippen LogP contribution in [0.4, 0.5) is 5.82 Å². The maximum atomic E-state index is 5.09. The third kappa shape index (κ3) is 2.46. The van der Waals surface area contributed by atoms with E-state index < -0.39 is 0 Å². The largest absolute Gasteiger partial charge is 0.497 e. The highest BCUT2D eigenvalue weighted by Crippen LogP contribution is 2.13. The lowest BCUT2D eigenvalue weighted by Gasteiger charge is -2.05. The molecule has 5 heteroatoms. The second-order valence-electron chi connectivity index (χ2n) is 3.01. The number of hydrogen-bond acceptors (Lipinski definition) is 4. The Balaban J connectivity index is 1.98. The molecule has 5 nitrogen and oxygen atoms in total. The second-order valence-corrected chi connectivity index (χ2v) is 3.01. The first-order valence-corrected chi connectivity index (χ1v) is 4.59. The van der Waals surface area contributed by atoms with Crippen LogP contribution in [-0.4, -0.2) is 22.1 Å². The van der Waals surface area contributed by atoms with Crippen LogP contribution in [-0.2, 0) is 6.54 Å². The minimum absolute atomic E-state index is 0.667. The van der Waals surface area contributed by atoms with Gasteiger partial charge in [-0.25, -0.2) is 9.97 Å². The standard InChI is InChI=1S/C10H12N4O/c1-15-9-2-3-12-10(4-9)13-6-8-5-11-7-14-8/h2-5,7H,6H2,1H3,(H,11,14)(H,12,13). The van der Waals surface area contributed by atoms with Gasteiger partial charge in [-0.15, -0.1) is 0 Å². The smallest absolute Gasteiger partial charge is 0.129 e. The normalized spacial score (nSPS) is 9.93. The molecule has 2 N–H and O–H groups in total. The lowest BCUT2D eigenvalue weighted by Crippen LogP contribution is -2.01. The molecule has 0 aliphatic rings. The Kier molecular flexibility index (Phi) is 2.82. The topological polar surface area (TPSA) is 62.8 Å². The van der Waals surface area contributed by atoms with Crippen LogP contribution in [0.5, 0.6) is 5.75 Å². The molecule has 15 heavy (non-hydrogen) atoms. The van der Waals surface area contributed by atoms with E-state index in [1.807, 2.05) is 6.07 Å². The number of anilines is 1. The van der Waals surface area contributed by atoms with Gasteiger partial charge in [-0.3, -0.25) is 0 Å². The van der Waals surface area contributed by atoms with E-state index in [0.29, 0.717) is 6.54 Å². The summed E-state index contributed by atoms with van der Waals surface area (Å²) in [5, 5.41) is 3.16. The summed E-state index contributed by atoms with van der Waals surface area (Å²) in [6.45, 7) is 0.667. The van der Waals surface area contributed by atoms with Gasteiger partial charge in [0, 0.05) is 18.5 Å². The van der Waals surface area contributed by atoms with E-state index in [0.717, 1.165) is 17.3 Å². The Labute approximate surface area is 87.5 Å². The number of aromatic nitrogens is 3. The van der Waals surface area contributed by atoms with Crippen molar-refractivity contribution >= 4 is 5.82 Å². The van der Waals surface area contributed by atoms with Crippen LogP contribution in [0.15, 0.2) is 30.9 Å². The Morgan fingerprint density at radius 1 is 1.53 bits per heavy atom. The van der Waals surface area contributed by atoms with Gasteiger partial charge in [-0.1, -0.05) is 0 Å². The molecule has 2 heterocycles. The van der Waals surface area contributed by atoms with Gasteiger partial charge in [0.2, 0.25) is 0 Å². The van der Waals surface area contributed by atoms with E-state index in [4.69, 9.17) is 4.74 Å². The van der Waals surface area contributed by atoms with Crippen LogP contribution in [0.25, 0.3) is 0 Å². The van der Waals surface area contributed by atoms with Gasteiger partial charge in [0.05, 0.1) is 25.7 Å². The molecule has 78 valence electrons. The first kappa shape index (κ1) is 9.51. The van der Waals surface area contributed by atoms with Crippen molar-refractivity contribution in [1.29, 1.82) is 0 Å². The summed E-state index contributed by atoms with van der Waals surface area (Å²) in [4.78, 5) is 11.1. The molecule has 2 aromatic heterocycles. The fraction of sp³-hybridized carbons (Fsp3) is 0.200. The summed E-state index contributed by atoms with van der Waals surface area (Å²) in [6.07, 6.45) is 5.12. The number of methoxy groups -OCH3 is 1. The van der Waals surface area contributed by atoms with Gasteiger partial charge >= 0.3 is 0 Å². The molecule has 0 fully saturated rings. The fourth-order valence-electron chi connectivity index (χ4n) is 1.20. The van der Waals surface area contributed by atoms with Gasteiger partial charge in [0.15, 0.2) is 0 Å². The number of nitrogens with one attached hydrogen (secondary N) is 2. The van der Waals surface area contributed by atoms with Crippen molar-refractivity contribution in [3.63, 3.8) is 0 Å². The number of H-pyrrole nitrogens is 1. The summed E-state index contributed by atoms with van der Waals surface area (Å²) >= 11 is 0. The predicted molar refractivity (Wildman–Crippen MR) is 56.7 cm³/mol. The number of pyridine rings is 1. The zero-order chi connectivity index (χ0) is 10.5. The quantitative estimate of drug-likeness (QED) is 0.790. The van der Waals surface area contributed by atoms with Crippen LogP contribution in [0.3, 0.4) is 0 Å². The minimum atomic E-state index is 0.667. The van der Waals surface area contributed by atoms with Crippen molar-refractivity contribution in [3.05, 3.63) is 36.5 Å². The molecule has 0 amide bonds. The summed E-state index contributed by atoms with van der Waals surface area (Å²) in [6, 6.07) is 3.65. The van der Waals surface area contributed by atoms with Crippen molar-refractivity contribution in [2.75, 3.05) is 12.4 Å². The first-order chi connectivity index (χ1) is 7.38. The molecule has 0 atom stereocenters. The minimum Gasteiger partial charge on any atom is -0.497 e. The molecule has 0 saturated heterocycles. The zero-order valence-electron chi connectivity index (χ0n) is 8.40.